The second kappa shape index (κ2) is 10.6. The minimum atomic E-state index is -0.816. The number of aromatic nitrogens is 2. The molecule has 0 aliphatic carbocycles. The largest absolute Gasteiger partial charge is 0.301 e. The molecule has 2 aromatic carbocycles. The number of anilines is 2. The number of hydrogen-bond donors (Lipinski definition) is 2. The maximum atomic E-state index is 11.3. The number of hydrogen-bond acceptors (Lipinski definition) is 15. The standard InChI is InChI=1S/C18H14N10O9/c1-9(19-21-13-5-3-11(25(29)30)7-15(13)27(33)34)17-18(24-37-23-17)10(2)20-22-14-6-4-12(26(31)32)8-16(14)28(35)36/h3-8,21-22H,1-2H3/b19-9-,20-10-. The predicted molar refractivity (Wildman–Crippen MR) is 125 cm³/mol. The van der Waals surface area contributed by atoms with Gasteiger partial charge in [-0.15, -0.1) is 0 Å². The molecule has 190 valence electrons. The molecule has 0 saturated carbocycles. The average molecular weight is 514 g/mol. The van der Waals surface area contributed by atoms with Crippen LogP contribution in [0.4, 0.5) is 34.1 Å². The van der Waals surface area contributed by atoms with E-state index in [0.29, 0.717) is 0 Å². The highest BCUT2D eigenvalue weighted by atomic mass is 16.6. The van der Waals surface area contributed by atoms with Crippen molar-refractivity contribution in [1.29, 1.82) is 0 Å². The van der Waals surface area contributed by atoms with Gasteiger partial charge in [-0.2, -0.15) is 10.2 Å². The lowest BCUT2D eigenvalue weighted by Crippen LogP contribution is -2.09. The number of benzene rings is 2. The number of hydrazone groups is 2. The van der Waals surface area contributed by atoms with E-state index < -0.39 is 42.4 Å². The zero-order chi connectivity index (χ0) is 27.3. The lowest BCUT2D eigenvalue weighted by atomic mass is 10.2. The molecular formula is C18H14N10O9. The summed E-state index contributed by atoms with van der Waals surface area (Å²) in [5, 5.41) is 59.7. The van der Waals surface area contributed by atoms with Gasteiger partial charge in [-0.05, 0) is 36.3 Å². The zero-order valence-corrected chi connectivity index (χ0v) is 18.7. The molecule has 0 aliphatic rings. The van der Waals surface area contributed by atoms with E-state index in [1.807, 2.05) is 0 Å². The van der Waals surface area contributed by atoms with E-state index in [2.05, 4.69) is 31.4 Å². The van der Waals surface area contributed by atoms with Crippen LogP contribution in [0.15, 0.2) is 51.2 Å². The number of nitrogens with one attached hydrogen (secondary N) is 2. The highest BCUT2D eigenvalue weighted by Crippen LogP contribution is 2.30. The predicted octanol–water partition coefficient (Wildman–Crippen LogP) is 3.37. The molecule has 3 aromatic rings. The molecule has 0 bridgehead atoms. The maximum Gasteiger partial charge on any atom is 0.301 e. The van der Waals surface area contributed by atoms with Crippen molar-refractivity contribution < 1.29 is 24.3 Å². The summed E-state index contributed by atoms with van der Waals surface area (Å²) in [6, 6.07) is 5.89. The van der Waals surface area contributed by atoms with Crippen molar-refractivity contribution >= 4 is 45.5 Å². The summed E-state index contributed by atoms with van der Waals surface area (Å²) >= 11 is 0. The number of non-ortho nitro benzene ring substituents is 2. The summed E-state index contributed by atoms with van der Waals surface area (Å²) in [5.74, 6) is 0. The third-order valence-corrected chi connectivity index (χ3v) is 4.64. The molecule has 19 nitrogen and oxygen atoms in total. The molecular weight excluding hydrogens is 500 g/mol. The molecule has 0 aliphatic heterocycles. The van der Waals surface area contributed by atoms with E-state index in [1.165, 1.54) is 13.8 Å². The number of nitro benzene ring substituents is 4. The van der Waals surface area contributed by atoms with Crippen molar-refractivity contribution in [2.24, 2.45) is 10.2 Å². The van der Waals surface area contributed by atoms with Crippen LogP contribution in [0.3, 0.4) is 0 Å². The molecule has 1 heterocycles. The molecule has 0 amide bonds. The van der Waals surface area contributed by atoms with Gasteiger partial charge in [-0.25, -0.2) is 4.63 Å². The fourth-order valence-corrected chi connectivity index (χ4v) is 2.82. The summed E-state index contributed by atoms with van der Waals surface area (Å²) in [6.45, 7) is 2.91. The number of nitrogens with zero attached hydrogens (tertiary/aromatic N) is 8. The Bertz CT molecular complexity index is 1370. The Hall–Kier alpha value is -5.88. The normalized spacial score (nSPS) is 11.6. The quantitative estimate of drug-likeness (QED) is 0.223. The van der Waals surface area contributed by atoms with Crippen molar-refractivity contribution in [3.8, 4) is 0 Å². The molecule has 0 spiro atoms. The van der Waals surface area contributed by atoms with Crippen molar-refractivity contribution in [2.75, 3.05) is 10.9 Å². The van der Waals surface area contributed by atoms with Crippen LogP contribution in [-0.2, 0) is 0 Å². The van der Waals surface area contributed by atoms with Crippen molar-refractivity contribution in [2.45, 2.75) is 13.8 Å². The molecule has 37 heavy (non-hydrogen) atoms. The molecule has 2 N–H and O–H groups in total. The van der Waals surface area contributed by atoms with Crippen LogP contribution < -0.4 is 10.9 Å². The Balaban J connectivity index is 1.85. The number of rotatable bonds is 10. The zero-order valence-electron chi connectivity index (χ0n) is 18.7. The second-order valence-electron chi connectivity index (χ2n) is 7.01. The fourth-order valence-electron chi connectivity index (χ4n) is 2.82. The highest BCUT2D eigenvalue weighted by Gasteiger charge is 2.22. The van der Waals surface area contributed by atoms with Crippen LogP contribution in [0.5, 0.6) is 0 Å². The van der Waals surface area contributed by atoms with E-state index in [1.54, 1.807) is 0 Å². The lowest BCUT2D eigenvalue weighted by molar-refractivity contribution is -0.393. The van der Waals surface area contributed by atoms with E-state index in [9.17, 15) is 40.5 Å². The van der Waals surface area contributed by atoms with Gasteiger partial charge in [0, 0.05) is 12.1 Å². The van der Waals surface area contributed by atoms with Gasteiger partial charge in [-0.1, -0.05) is 0 Å². The minimum Gasteiger partial charge on any atom is -0.271 e. The molecule has 0 fully saturated rings. The first-order valence-electron chi connectivity index (χ1n) is 9.79. The van der Waals surface area contributed by atoms with Gasteiger partial charge in [0.05, 0.1) is 43.2 Å². The van der Waals surface area contributed by atoms with Crippen molar-refractivity contribution in [1.82, 2.24) is 10.3 Å². The van der Waals surface area contributed by atoms with Gasteiger partial charge in [0.1, 0.15) is 11.4 Å². The topological polar surface area (TPSA) is 260 Å². The van der Waals surface area contributed by atoms with E-state index in [4.69, 9.17) is 4.63 Å². The molecule has 0 unspecified atom stereocenters. The molecule has 1 aromatic heterocycles. The van der Waals surface area contributed by atoms with E-state index in [0.717, 1.165) is 36.4 Å². The average Bonchev–Trinajstić information content (AvgIpc) is 3.35. The molecule has 3 rings (SSSR count). The molecule has 0 saturated heterocycles. The van der Waals surface area contributed by atoms with Crippen molar-refractivity contribution in [3.05, 3.63) is 88.2 Å². The van der Waals surface area contributed by atoms with Crippen LogP contribution in [0.25, 0.3) is 0 Å². The summed E-state index contributed by atoms with van der Waals surface area (Å²) < 4.78 is 4.72. The van der Waals surface area contributed by atoms with Gasteiger partial charge in [0.25, 0.3) is 11.4 Å². The van der Waals surface area contributed by atoms with Crippen LogP contribution in [-0.4, -0.2) is 41.4 Å². The Morgan fingerprint density at radius 3 is 1.41 bits per heavy atom. The van der Waals surface area contributed by atoms with E-state index >= 15 is 0 Å². The molecule has 0 radical (unpaired) electrons. The smallest absolute Gasteiger partial charge is 0.271 e. The van der Waals surface area contributed by atoms with Gasteiger partial charge in [-0.3, -0.25) is 51.3 Å². The van der Waals surface area contributed by atoms with Crippen LogP contribution >= 0.6 is 0 Å². The first-order valence-corrected chi connectivity index (χ1v) is 9.79. The van der Waals surface area contributed by atoms with Gasteiger partial charge in [0.2, 0.25) is 0 Å². The van der Waals surface area contributed by atoms with Crippen molar-refractivity contribution in [3.63, 3.8) is 0 Å². The van der Waals surface area contributed by atoms with Gasteiger partial charge >= 0.3 is 11.4 Å². The summed E-state index contributed by atoms with van der Waals surface area (Å²) in [6.07, 6.45) is 0. The Morgan fingerprint density at radius 2 is 1.08 bits per heavy atom. The monoisotopic (exact) mass is 514 g/mol. The van der Waals surface area contributed by atoms with Gasteiger partial charge < -0.3 is 0 Å². The minimum absolute atomic E-state index is 0.0540. The number of nitro groups is 4. The molecule has 19 heteroatoms. The SMILES string of the molecule is C/C(=N/Nc1ccc([N+](=O)[O-])cc1[N+](=O)[O-])c1nonc1/C(C)=N\Nc1ccc([N+](=O)[O-])cc1[N+](=O)[O-]. The third kappa shape index (κ3) is 5.79. The molecule has 0 atom stereocenters. The third-order valence-electron chi connectivity index (χ3n) is 4.64. The second-order valence-corrected chi connectivity index (χ2v) is 7.01. The maximum absolute atomic E-state index is 11.3. The Labute approximate surface area is 204 Å². The van der Waals surface area contributed by atoms with Crippen LogP contribution in [0, 0.1) is 40.5 Å². The summed E-state index contributed by atoms with van der Waals surface area (Å²) in [7, 11) is 0. The Kier molecular flexibility index (Phi) is 7.36. The highest BCUT2D eigenvalue weighted by molar-refractivity contribution is 6.09. The van der Waals surface area contributed by atoms with Crippen LogP contribution in [0.1, 0.15) is 25.2 Å². The van der Waals surface area contributed by atoms with Crippen LogP contribution in [0.2, 0.25) is 0 Å². The summed E-state index contributed by atoms with van der Waals surface area (Å²) in [5.41, 5.74) is 2.83. The van der Waals surface area contributed by atoms with Gasteiger partial charge in [0.15, 0.2) is 11.4 Å². The van der Waals surface area contributed by atoms with E-state index in [-0.39, 0.29) is 34.2 Å². The first kappa shape index (κ1) is 25.7. The first-order chi connectivity index (χ1) is 17.5. The Morgan fingerprint density at radius 1 is 0.703 bits per heavy atom. The fraction of sp³-hybridized carbons (Fsp3) is 0.111. The lowest BCUT2D eigenvalue weighted by Gasteiger charge is -2.05. The summed E-state index contributed by atoms with van der Waals surface area (Å²) in [4.78, 5) is 41.1.